The number of rotatable bonds is 6. The number of aryl methyl sites for hydroxylation is 2. The molecule has 0 spiro atoms. The van der Waals surface area contributed by atoms with E-state index in [1.807, 2.05) is 6.07 Å². The molecule has 0 aliphatic heterocycles. The highest BCUT2D eigenvalue weighted by atomic mass is 32.1. The van der Waals surface area contributed by atoms with Crippen molar-refractivity contribution in [3.05, 3.63) is 29.3 Å². The average Bonchev–Trinajstić information content (AvgIpc) is 2.36. The summed E-state index contributed by atoms with van der Waals surface area (Å²) < 4.78 is 16.4. The Kier molecular flexibility index (Phi) is 5.68. The van der Waals surface area contributed by atoms with E-state index >= 15 is 0 Å². The summed E-state index contributed by atoms with van der Waals surface area (Å²) in [5.41, 5.74) is 2.52. The van der Waals surface area contributed by atoms with Crippen molar-refractivity contribution in [2.75, 3.05) is 27.1 Å². The monoisotopic (exact) mass is 272 g/mol. The maximum Gasteiger partial charge on any atom is 0.536 e. The summed E-state index contributed by atoms with van der Waals surface area (Å²) in [5.74, 6) is 0.825. The van der Waals surface area contributed by atoms with Gasteiger partial charge >= 0.3 is 8.80 Å². The summed E-state index contributed by atoms with van der Waals surface area (Å²) in [4.78, 5) is 0. The van der Waals surface area contributed by atoms with Crippen LogP contribution in [0.15, 0.2) is 18.2 Å². The lowest BCUT2D eigenvalue weighted by Crippen LogP contribution is -2.54. The third-order valence-corrected chi connectivity index (χ3v) is 5.74. The molecule has 0 fully saturated rings. The van der Waals surface area contributed by atoms with Crippen molar-refractivity contribution in [2.45, 2.75) is 13.3 Å². The van der Waals surface area contributed by atoms with Crippen molar-refractivity contribution in [3.8, 4) is 0 Å². The predicted octanol–water partition coefficient (Wildman–Crippen LogP) is 1.55. The molecule has 0 amide bonds. The summed E-state index contributed by atoms with van der Waals surface area (Å²) in [6, 6.07) is 6.20. The zero-order valence-electron chi connectivity index (χ0n) is 10.8. The molecule has 3 nitrogen and oxygen atoms in total. The first-order chi connectivity index (χ1) is 8.13. The van der Waals surface area contributed by atoms with Gasteiger partial charge in [0.05, 0.1) is 0 Å². The van der Waals surface area contributed by atoms with E-state index in [1.54, 1.807) is 21.3 Å². The zero-order valence-corrected chi connectivity index (χ0v) is 12.7. The Labute approximate surface area is 110 Å². The van der Waals surface area contributed by atoms with E-state index in [0.717, 1.165) is 17.4 Å². The molecule has 0 aromatic heterocycles. The molecule has 0 bridgehead atoms. The number of benzene rings is 1. The molecule has 0 saturated carbocycles. The molecular weight excluding hydrogens is 252 g/mol. The quantitative estimate of drug-likeness (QED) is 0.629. The Hall–Kier alpha value is -0.333. The summed E-state index contributed by atoms with van der Waals surface area (Å²) in [6.07, 6.45) is 0.935. The van der Waals surface area contributed by atoms with Gasteiger partial charge < -0.3 is 13.3 Å². The first-order valence-corrected chi connectivity index (χ1v) is 7.85. The van der Waals surface area contributed by atoms with Crippen molar-refractivity contribution in [3.63, 3.8) is 0 Å². The fourth-order valence-corrected chi connectivity index (χ4v) is 3.94. The maximum atomic E-state index is 5.47. The van der Waals surface area contributed by atoms with E-state index in [-0.39, 0.29) is 0 Å². The molecule has 1 aromatic carbocycles. The molecule has 1 rings (SSSR count). The van der Waals surface area contributed by atoms with Gasteiger partial charge in [0.2, 0.25) is 0 Å². The fourth-order valence-electron chi connectivity index (χ4n) is 1.86. The Morgan fingerprint density at radius 3 is 2.18 bits per heavy atom. The van der Waals surface area contributed by atoms with Crippen LogP contribution in [0.4, 0.5) is 0 Å². The third kappa shape index (κ3) is 3.11. The topological polar surface area (TPSA) is 27.7 Å². The third-order valence-electron chi connectivity index (χ3n) is 2.89. The highest BCUT2D eigenvalue weighted by Gasteiger charge is 2.40. The summed E-state index contributed by atoms with van der Waals surface area (Å²) in [7, 11) is 2.17. The van der Waals surface area contributed by atoms with Crippen molar-refractivity contribution in [2.24, 2.45) is 0 Å². The van der Waals surface area contributed by atoms with E-state index < -0.39 is 8.80 Å². The molecule has 0 aliphatic carbocycles. The largest absolute Gasteiger partial charge is 0.536 e. The number of thiol groups is 1. The van der Waals surface area contributed by atoms with Gasteiger partial charge in [-0.3, -0.25) is 0 Å². The van der Waals surface area contributed by atoms with E-state index in [2.05, 4.69) is 31.7 Å². The van der Waals surface area contributed by atoms with Crippen LogP contribution in [0.1, 0.15) is 11.1 Å². The second-order valence-corrected chi connectivity index (χ2v) is 7.15. The molecule has 0 N–H and O–H groups in total. The molecule has 5 heteroatoms. The Bertz CT molecular complexity index is 359. The number of hydrogen-bond acceptors (Lipinski definition) is 4. The van der Waals surface area contributed by atoms with E-state index in [9.17, 15) is 0 Å². The van der Waals surface area contributed by atoms with Gasteiger partial charge in [0, 0.05) is 26.5 Å². The first kappa shape index (κ1) is 14.7. The Morgan fingerprint density at radius 2 is 1.71 bits per heavy atom. The second-order valence-electron chi connectivity index (χ2n) is 3.78. The van der Waals surface area contributed by atoms with Gasteiger partial charge in [0.25, 0.3) is 0 Å². The minimum absolute atomic E-state index is 0.825. The molecule has 0 unspecified atom stereocenters. The SMILES string of the molecule is CO[Si](OC)(OC)c1ccc(C)c(CCS)c1. The van der Waals surface area contributed by atoms with Gasteiger partial charge in [0.1, 0.15) is 0 Å². The van der Waals surface area contributed by atoms with Crippen LogP contribution in [0.5, 0.6) is 0 Å². The minimum atomic E-state index is -2.70. The van der Waals surface area contributed by atoms with Crippen LogP contribution in [0, 0.1) is 6.92 Å². The van der Waals surface area contributed by atoms with Crippen LogP contribution in [0.3, 0.4) is 0 Å². The van der Waals surface area contributed by atoms with Crippen LogP contribution in [0.2, 0.25) is 0 Å². The van der Waals surface area contributed by atoms with Crippen molar-refractivity contribution >= 4 is 26.6 Å². The lowest BCUT2D eigenvalue weighted by atomic mass is 10.1. The van der Waals surface area contributed by atoms with Crippen LogP contribution in [-0.4, -0.2) is 35.9 Å². The summed E-state index contributed by atoms with van der Waals surface area (Å²) >= 11 is 4.27. The van der Waals surface area contributed by atoms with Gasteiger partial charge in [-0.2, -0.15) is 12.6 Å². The lowest BCUT2D eigenvalue weighted by molar-refractivity contribution is 0.140. The molecule has 0 heterocycles. The van der Waals surface area contributed by atoms with Crippen LogP contribution < -0.4 is 5.19 Å². The van der Waals surface area contributed by atoms with Gasteiger partial charge in [-0.05, 0) is 30.2 Å². The highest BCUT2D eigenvalue weighted by molar-refractivity contribution is 7.80. The van der Waals surface area contributed by atoms with E-state index in [0.29, 0.717) is 0 Å². The van der Waals surface area contributed by atoms with Crippen LogP contribution in [0.25, 0.3) is 0 Å². The Balaban J connectivity index is 3.16. The molecule has 0 radical (unpaired) electrons. The molecule has 0 aliphatic rings. The van der Waals surface area contributed by atoms with Gasteiger partial charge in [-0.25, -0.2) is 0 Å². The van der Waals surface area contributed by atoms with E-state index in [4.69, 9.17) is 13.3 Å². The smallest absolute Gasteiger partial charge is 0.373 e. The standard InChI is InChI=1S/C12H20O3SSi/c1-10-5-6-12(9-11(10)7-8-16)17(13-2,14-3)15-4/h5-6,9,16H,7-8H2,1-4H3. The second kappa shape index (κ2) is 6.56. The maximum absolute atomic E-state index is 5.47. The highest BCUT2D eigenvalue weighted by Crippen LogP contribution is 2.13. The summed E-state index contributed by atoms with van der Waals surface area (Å²) in [6.45, 7) is 2.10. The zero-order chi connectivity index (χ0) is 12.9. The first-order valence-electron chi connectivity index (χ1n) is 5.49. The normalized spacial score (nSPS) is 11.8. The molecule has 1 aromatic rings. The van der Waals surface area contributed by atoms with E-state index in [1.165, 1.54) is 11.1 Å². The molecule has 0 atom stereocenters. The van der Waals surface area contributed by atoms with Crippen molar-refractivity contribution in [1.29, 1.82) is 0 Å². The van der Waals surface area contributed by atoms with Crippen molar-refractivity contribution in [1.82, 2.24) is 0 Å². The van der Waals surface area contributed by atoms with Crippen LogP contribution >= 0.6 is 12.6 Å². The molecule has 17 heavy (non-hydrogen) atoms. The summed E-state index contributed by atoms with van der Waals surface area (Å²) in [5, 5.41) is 0.993. The number of hydrogen-bond donors (Lipinski definition) is 1. The molecule has 0 saturated heterocycles. The Morgan fingerprint density at radius 1 is 1.12 bits per heavy atom. The molecule has 96 valence electrons. The van der Waals surface area contributed by atoms with Gasteiger partial charge in [-0.1, -0.05) is 18.2 Å². The predicted molar refractivity (Wildman–Crippen MR) is 75.2 cm³/mol. The van der Waals surface area contributed by atoms with Gasteiger partial charge in [0.15, 0.2) is 0 Å². The van der Waals surface area contributed by atoms with Gasteiger partial charge in [-0.15, -0.1) is 0 Å². The fraction of sp³-hybridized carbons (Fsp3) is 0.500. The average molecular weight is 272 g/mol. The van der Waals surface area contributed by atoms with Crippen molar-refractivity contribution < 1.29 is 13.3 Å². The van der Waals surface area contributed by atoms with Crippen LogP contribution in [-0.2, 0) is 19.7 Å². The molecular formula is C12H20O3SSi. The minimum Gasteiger partial charge on any atom is -0.373 e. The lowest BCUT2D eigenvalue weighted by Gasteiger charge is -2.25.